The van der Waals surface area contributed by atoms with Gasteiger partial charge in [-0.15, -0.1) is 0 Å². The number of nitrogens with zero attached hydrogens (tertiary/aromatic N) is 1. The third-order valence-corrected chi connectivity index (χ3v) is 2.15. The summed E-state index contributed by atoms with van der Waals surface area (Å²) in [5.74, 6) is 0.675. The van der Waals surface area contributed by atoms with E-state index in [-0.39, 0.29) is 18.6 Å². The highest BCUT2D eigenvalue weighted by Gasteiger charge is 2.03. The highest BCUT2D eigenvalue weighted by atomic mass is 16.5. The van der Waals surface area contributed by atoms with Crippen molar-refractivity contribution in [1.82, 2.24) is 10.4 Å². The van der Waals surface area contributed by atoms with Gasteiger partial charge in [-0.25, -0.2) is 5.01 Å². The number of carbonyl (C=O) groups is 1. The molecule has 1 aromatic carbocycles. The molecule has 0 heterocycles. The van der Waals surface area contributed by atoms with Crippen molar-refractivity contribution >= 4 is 5.91 Å². The highest BCUT2D eigenvalue weighted by Crippen LogP contribution is 2.14. The Bertz CT molecular complexity index is 388. The Morgan fingerprint density at radius 1 is 1.26 bits per heavy atom. The molecule has 1 rings (SSSR count). The zero-order chi connectivity index (χ0) is 14.3. The summed E-state index contributed by atoms with van der Waals surface area (Å²) in [6, 6.07) is 7.67. The molecular weight excluding hydrogens is 244 g/mol. The third-order valence-electron chi connectivity index (χ3n) is 2.15. The van der Waals surface area contributed by atoms with E-state index >= 15 is 0 Å². The Labute approximate surface area is 114 Å². The lowest BCUT2D eigenvalue weighted by atomic mass is 10.2. The van der Waals surface area contributed by atoms with Crippen molar-refractivity contribution in [2.45, 2.75) is 26.6 Å². The van der Waals surface area contributed by atoms with Gasteiger partial charge in [-0.1, -0.05) is 12.1 Å². The van der Waals surface area contributed by atoms with Crippen LogP contribution in [0.4, 0.5) is 0 Å². The first-order valence-electron chi connectivity index (χ1n) is 6.27. The topological polar surface area (TPSA) is 50.8 Å². The molecule has 0 radical (unpaired) electrons. The van der Waals surface area contributed by atoms with Crippen LogP contribution in [0, 0.1) is 0 Å². The van der Waals surface area contributed by atoms with Gasteiger partial charge in [0, 0.05) is 14.1 Å². The number of carbonyl (C=O) groups excluding carboxylic acids is 1. The van der Waals surface area contributed by atoms with Crippen LogP contribution in [0.1, 0.15) is 19.4 Å². The minimum atomic E-state index is -0.162. The maximum atomic E-state index is 11.3. The van der Waals surface area contributed by atoms with Gasteiger partial charge in [0.15, 0.2) is 0 Å². The normalized spacial score (nSPS) is 10.8. The van der Waals surface area contributed by atoms with E-state index in [9.17, 15) is 4.79 Å². The van der Waals surface area contributed by atoms with E-state index < -0.39 is 0 Å². The van der Waals surface area contributed by atoms with Gasteiger partial charge in [0.1, 0.15) is 12.4 Å². The van der Waals surface area contributed by atoms with Crippen molar-refractivity contribution < 1.29 is 14.3 Å². The maximum Gasteiger partial charge on any atom is 0.260 e. The lowest BCUT2D eigenvalue weighted by molar-refractivity contribution is -0.129. The molecule has 0 saturated heterocycles. The van der Waals surface area contributed by atoms with Crippen LogP contribution in [0.25, 0.3) is 0 Å². The van der Waals surface area contributed by atoms with Crippen LogP contribution in [0.15, 0.2) is 24.3 Å². The summed E-state index contributed by atoms with van der Waals surface area (Å²) >= 11 is 0. The molecule has 0 aliphatic carbocycles. The number of benzene rings is 1. The Kier molecular flexibility index (Phi) is 6.32. The quantitative estimate of drug-likeness (QED) is 0.761. The second kappa shape index (κ2) is 7.76. The molecule has 0 aromatic heterocycles. The fourth-order valence-corrected chi connectivity index (χ4v) is 1.48. The fourth-order valence-electron chi connectivity index (χ4n) is 1.48. The van der Waals surface area contributed by atoms with Crippen molar-refractivity contribution in [3.05, 3.63) is 29.8 Å². The van der Waals surface area contributed by atoms with E-state index in [0.717, 1.165) is 11.3 Å². The van der Waals surface area contributed by atoms with Crippen LogP contribution in [0.5, 0.6) is 5.75 Å². The van der Waals surface area contributed by atoms with E-state index in [4.69, 9.17) is 9.47 Å². The Morgan fingerprint density at radius 2 is 1.89 bits per heavy atom. The van der Waals surface area contributed by atoms with E-state index in [2.05, 4.69) is 5.43 Å². The summed E-state index contributed by atoms with van der Waals surface area (Å²) in [5.41, 5.74) is 3.62. The molecule has 1 amide bonds. The van der Waals surface area contributed by atoms with Crippen LogP contribution >= 0.6 is 0 Å². The van der Waals surface area contributed by atoms with Gasteiger partial charge in [-0.3, -0.25) is 10.2 Å². The standard InChI is InChI=1S/C14H22N2O3/c1-11(2)19-13-7-5-12(6-8-13)9-18-10-14(17)15-16(3)4/h5-8,11H,9-10H2,1-4H3,(H,15,17). The van der Waals surface area contributed by atoms with Gasteiger partial charge in [0.05, 0.1) is 12.7 Å². The Morgan fingerprint density at radius 3 is 2.42 bits per heavy atom. The molecule has 106 valence electrons. The molecule has 0 unspecified atom stereocenters. The molecule has 0 aliphatic rings. The summed E-state index contributed by atoms with van der Waals surface area (Å²) < 4.78 is 10.9. The highest BCUT2D eigenvalue weighted by molar-refractivity contribution is 5.76. The van der Waals surface area contributed by atoms with Gasteiger partial charge >= 0.3 is 0 Å². The van der Waals surface area contributed by atoms with Crippen molar-refractivity contribution in [3.8, 4) is 5.75 Å². The monoisotopic (exact) mass is 266 g/mol. The van der Waals surface area contributed by atoms with Gasteiger partial charge in [0.25, 0.3) is 5.91 Å². The summed E-state index contributed by atoms with van der Waals surface area (Å²) in [5, 5.41) is 1.59. The predicted molar refractivity (Wildman–Crippen MR) is 73.7 cm³/mol. The summed E-state index contributed by atoms with van der Waals surface area (Å²) in [4.78, 5) is 11.3. The average Bonchev–Trinajstić information content (AvgIpc) is 2.29. The first kappa shape index (κ1) is 15.5. The zero-order valence-electron chi connectivity index (χ0n) is 12.0. The lowest BCUT2D eigenvalue weighted by Gasteiger charge is -2.12. The summed E-state index contributed by atoms with van der Waals surface area (Å²) in [6.45, 7) is 4.42. The summed E-state index contributed by atoms with van der Waals surface area (Å²) in [6.07, 6.45) is 0.164. The molecule has 19 heavy (non-hydrogen) atoms. The van der Waals surface area contributed by atoms with Crippen LogP contribution in [-0.2, 0) is 16.1 Å². The van der Waals surface area contributed by atoms with Gasteiger partial charge in [-0.2, -0.15) is 0 Å². The van der Waals surface area contributed by atoms with Gasteiger partial charge in [0.2, 0.25) is 0 Å². The molecule has 0 bridgehead atoms. The number of hydrazine groups is 1. The Hall–Kier alpha value is -1.59. The minimum Gasteiger partial charge on any atom is -0.491 e. The zero-order valence-corrected chi connectivity index (χ0v) is 12.0. The van der Waals surface area contributed by atoms with Gasteiger partial charge < -0.3 is 9.47 Å². The Balaban J connectivity index is 2.32. The molecule has 1 aromatic rings. The first-order chi connectivity index (χ1) is 8.97. The van der Waals surface area contributed by atoms with Crippen molar-refractivity contribution in [2.24, 2.45) is 0 Å². The van der Waals surface area contributed by atoms with E-state index in [0.29, 0.717) is 6.61 Å². The molecule has 0 fully saturated rings. The number of ether oxygens (including phenoxy) is 2. The van der Waals surface area contributed by atoms with Crippen LogP contribution in [0.3, 0.4) is 0 Å². The molecule has 1 N–H and O–H groups in total. The van der Waals surface area contributed by atoms with Crippen molar-refractivity contribution in [2.75, 3.05) is 20.7 Å². The second-order valence-corrected chi connectivity index (χ2v) is 4.73. The first-order valence-corrected chi connectivity index (χ1v) is 6.27. The number of hydrogen-bond donors (Lipinski definition) is 1. The van der Waals surface area contributed by atoms with E-state index in [1.54, 1.807) is 19.1 Å². The SMILES string of the molecule is CC(C)Oc1ccc(COCC(=O)NN(C)C)cc1. The largest absolute Gasteiger partial charge is 0.491 e. The predicted octanol–water partition coefficient (Wildman–Crippen LogP) is 1.58. The number of rotatable bonds is 7. The van der Waals surface area contributed by atoms with Crippen LogP contribution < -0.4 is 10.2 Å². The average molecular weight is 266 g/mol. The molecule has 5 heteroatoms. The molecule has 5 nitrogen and oxygen atoms in total. The minimum absolute atomic E-state index is 0.0441. The maximum absolute atomic E-state index is 11.3. The van der Waals surface area contributed by atoms with E-state index in [1.165, 1.54) is 0 Å². The fraction of sp³-hybridized carbons (Fsp3) is 0.500. The lowest BCUT2D eigenvalue weighted by Crippen LogP contribution is -2.38. The van der Waals surface area contributed by atoms with Crippen LogP contribution in [-0.4, -0.2) is 37.7 Å². The van der Waals surface area contributed by atoms with Crippen LogP contribution in [0.2, 0.25) is 0 Å². The van der Waals surface area contributed by atoms with Gasteiger partial charge in [-0.05, 0) is 31.5 Å². The molecule has 0 saturated carbocycles. The van der Waals surface area contributed by atoms with Crippen molar-refractivity contribution in [1.29, 1.82) is 0 Å². The third kappa shape index (κ3) is 6.79. The molecular formula is C14H22N2O3. The number of nitrogens with one attached hydrogen (secondary N) is 1. The van der Waals surface area contributed by atoms with Crippen molar-refractivity contribution in [3.63, 3.8) is 0 Å². The second-order valence-electron chi connectivity index (χ2n) is 4.73. The number of amides is 1. The molecule has 0 aliphatic heterocycles. The van der Waals surface area contributed by atoms with E-state index in [1.807, 2.05) is 38.1 Å². The molecule has 0 spiro atoms. The molecule has 0 atom stereocenters. The smallest absolute Gasteiger partial charge is 0.260 e. The summed E-state index contributed by atoms with van der Waals surface area (Å²) in [7, 11) is 3.51. The number of hydrogen-bond acceptors (Lipinski definition) is 4.